The Morgan fingerprint density at radius 2 is 1.88 bits per heavy atom. The molecule has 0 bridgehead atoms. The number of anilines is 1. The summed E-state index contributed by atoms with van der Waals surface area (Å²) < 4.78 is 6.80. The lowest BCUT2D eigenvalue weighted by Gasteiger charge is -2.17. The predicted octanol–water partition coefficient (Wildman–Crippen LogP) is 5.26. The minimum Gasteiger partial charge on any atom is -0.488 e. The van der Waals surface area contributed by atoms with Gasteiger partial charge >= 0.3 is 0 Å². The molecule has 1 fully saturated rings. The van der Waals surface area contributed by atoms with Crippen molar-refractivity contribution in [2.45, 2.75) is 19.4 Å². The second-order valence-corrected chi connectivity index (χ2v) is 8.60. The number of ether oxygens (including phenoxy) is 1. The van der Waals surface area contributed by atoms with Crippen molar-refractivity contribution >= 4 is 33.7 Å². The highest BCUT2D eigenvalue weighted by atomic mass is 79.9. The van der Waals surface area contributed by atoms with Gasteiger partial charge < -0.3 is 9.64 Å². The van der Waals surface area contributed by atoms with E-state index in [4.69, 9.17) is 4.74 Å². The Balaban J connectivity index is 1.40. The van der Waals surface area contributed by atoms with Gasteiger partial charge in [-0.25, -0.2) is 5.43 Å². The Bertz CT molecular complexity index is 1200. The molecule has 1 aliphatic heterocycles. The molecule has 4 rings (SSSR count). The number of carbonyl (C=O) groups is 1. The molecular formula is C26H23BrN4O2. The zero-order chi connectivity index (χ0) is 23.0. The van der Waals surface area contributed by atoms with Crippen LogP contribution in [-0.2, 0) is 6.61 Å². The highest BCUT2D eigenvalue weighted by molar-refractivity contribution is 9.10. The van der Waals surface area contributed by atoms with Crippen LogP contribution >= 0.6 is 15.9 Å². The molecule has 0 spiro atoms. The maximum absolute atomic E-state index is 12.5. The normalized spacial score (nSPS) is 13.2. The molecule has 166 valence electrons. The second-order valence-electron chi connectivity index (χ2n) is 7.68. The highest BCUT2D eigenvalue weighted by Crippen LogP contribution is 2.24. The molecule has 1 aliphatic rings. The molecular weight excluding hydrogens is 480 g/mol. The van der Waals surface area contributed by atoms with E-state index >= 15 is 0 Å². The van der Waals surface area contributed by atoms with Gasteiger partial charge in [0.15, 0.2) is 0 Å². The number of hydrazone groups is 1. The number of rotatable bonds is 7. The molecule has 3 aromatic rings. The van der Waals surface area contributed by atoms with Gasteiger partial charge in [-0.3, -0.25) is 4.79 Å². The van der Waals surface area contributed by atoms with Crippen LogP contribution in [0.25, 0.3) is 0 Å². The number of amides is 1. The number of hydrogen-bond donors (Lipinski definition) is 1. The molecule has 3 aromatic carbocycles. The molecule has 1 heterocycles. The standard InChI is InChI=1S/C26H23BrN4O2/c27-23-9-12-25(33-18-21-6-2-1-5-20(21)16-28)22(15-23)17-29-30-26(32)19-7-10-24(11-8-19)31-13-3-4-14-31/h1-2,5-12,15,17H,3-4,13-14,18H2,(H,30,32)/b29-17-. The number of hydrogen-bond acceptors (Lipinski definition) is 5. The predicted molar refractivity (Wildman–Crippen MR) is 133 cm³/mol. The van der Waals surface area contributed by atoms with Crippen molar-refractivity contribution in [3.8, 4) is 11.8 Å². The maximum Gasteiger partial charge on any atom is 0.271 e. The monoisotopic (exact) mass is 502 g/mol. The van der Waals surface area contributed by atoms with E-state index in [1.807, 2.05) is 60.7 Å². The molecule has 0 aromatic heterocycles. The van der Waals surface area contributed by atoms with Crippen molar-refractivity contribution in [2.75, 3.05) is 18.0 Å². The van der Waals surface area contributed by atoms with E-state index in [1.54, 1.807) is 12.3 Å². The fourth-order valence-corrected chi connectivity index (χ4v) is 4.07. The average Bonchev–Trinajstić information content (AvgIpc) is 3.39. The van der Waals surface area contributed by atoms with Gasteiger partial charge in [0.05, 0.1) is 17.8 Å². The second kappa shape index (κ2) is 10.8. The zero-order valence-electron chi connectivity index (χ0n) is 18.0. The van der Waals surface area contributed by atoms with E-state index < -0.39 is 0 Å². The van der Waals surface area contributed by atoms with E-state index in [0.29, 0.717) is 22.4 Å². The first-order valence-corrected chi connectivity index (χ1v) is 11.5. The van der Waals surface area contributed by atoms with Crippen LogP contribution in [-0.4, -0.2) is 25.2 Å². The molecule has 7 heteroatoms. The van der Waals surface area contributed by atoms with Gasteiger partial charge in [-0.05, 0) is 61.4 Å². The first kappa shape index (κ1) is 22.6. The Kier molecular flexibility index (Phi) is 7.38. The van der Waals surface area contributed by atoms with E-state index in [1.165, 1.54) is 12.8 Å². The van der Waals surface area contributed by atoms with Gasteiger partial charge in [0, 0.05) is 39.9 Å². The van der Waals surface area contributed by atoms with Crippen LogP contribution in [0.15, 0.2) is 76.3 Å². The summed E-state index contributed by atoms with van der Waals surface area (Å²) in [5, 5.41) is 13.4. The number of carbonyl (C=O) groups excluding carboxylic acids is 1. The summed E-state index contributed by atoms with van der Waals surface area (Å²) in [6.45, 7) is 2.38. The molecule has 0 aliphatic carbocycles. The smallest absolute Gasteiger partial charge is 0.271 e. The molecule has 1 amide bonds. The number of halogens is 1. The fourth-order valence-electron chi connectivity index (χ4n) is 3.69. The van der Waals surface area contributed by atoms with E-state index in [-0.39, 0.29) is 12.5 Å². The molecule has 0 radical (unpaired) electrons. The largest absolute Gasteiger partial charge is 0.488 e. The van der Waals surface area contributed by atoms with Gasteiger partial charge in [0.25, 0.3) is 5.91 Å². The third kappa shape index (κ3) is 5.79. The summed E-state index contributed by atoms with van der Waals surface area (Å²) in [7, 11) is 0. The number of nitrogens with zero attached hydrogens (tertiary/aromatic N) is 3. The third-order valence-corrected chi connectivity index (χ3v) is 5.96. The molecule has 33 heavy (non-hydrogen) atoms. The first-order valence-electron chi connectivity index (χ1n) is 10.7. The van der Waals surface area contributed by atoms with Crippen molar-refractivity contribution in [3.05, 3.63) is 93.5 Å². The van der Waals surface area contributed by atoms with Crippen LogP contribution in [0.3, 0.4) is 0 Å². The summed E-state index contributed by atoms with van der Waals surface area (Å²) in [5.41, 5.74) is 6.34. The minimum absolute atomic E-state index is 0.252. The van der Waals surface area contributed by atoms with Crippen molar-refractivity contribution in [1.82, 2.24) is 5.43 Å². The van der Waals surface area contributed by atoms with Gasteiger partial charge in [-0.15, -0.1) is 0 Å². The fraction of sp³-hybridized carbons (Fsp3) is 0.192. The van der Waals surface area contributed by atoms with E-state index in [9.17, 15) is 10.1 Å². The Hall–Kier alpha value is -3.63. The summed E-state index contributed by atoms with van der Waals surface area (Å²) in [4.78, 5) is 14.8. The molecule has 0 unspecified atom stereocenters. The third-order valence-electron chi connectivity index (χ3n) is 5.46. The maximum atomic E-state index is 12.5. The Morgan fingerprint density at radius 1 is 1.12 bits per heavy atom. The molecule has 0 saturated carbocycles. The molecule has 1 saturated heterocycles. The van der Waals surface area contributed by atoms with Crippen LogP contribution in [0.4, 0.5) is 5.69 Å². The summed E-state index contributed by atoms with van der Waals surface area (Å²) in [6.07, 6.45) is 3.97. The van der Waals surface area contributed by atoms with Crippen LogP contribution in [0.1, 0.15) is 39.9 Å². The molecule has 0 atom stereocenters. The topological polar surface area (TPSA) is 77.7 Å². The highest BCUT2D eigenvalue weighted by Gasteiger charge is 2.13. The zero-order valence-corrected chi connectivity index (χ0v) is 19.6. The lowest BCUT2D eigenvalue weighted by Crippen LogP contribution is -2.19. The van der Waals surface area contributed by atoms with Gasteiger partial charge in [-0.2, -0.15) is 10.4 Å². The number of nitrogens with one attached hydrogen (secondary N) is 1. The average molecular weight is 503 g/mol. The lowest BCUT2D eigenvalue weighted by atomic mass is 10.1. The van der Waals surface area contributed by atoms with Crippen molar-refractivity contribution in [1.29, 1.82) is 5.26 Å². The minimum atomic E-state index is -0.278. The summed E-state index contributed by atoms with van der Waals surface area (Å²) in [5.74, 6) is 0.318. The summed E-state index contributed by atoms with van der Waals surface area (Å²) in [6, 6.07) is 22.6. The van der Waals surface area contributed by atoms with Gasteiger partial charge in [-0.1, -0.05) is 34.1 Å². The van der Waals surface area contributed by atoms with Crippen molar-refractivity contribution in [3.63, 3.8) is 0 Å². The number of nitriles is 1. The number of benzene rings is 3. The van der Waals surface area contributed by atoms with E-state index in [2.05, 4.69) is 37.4 Å². The van der Waals surface area contributed by atoms with Crippen molar-refractivity contribution < 1.29 is 9.53 Å². The molecule has 1 N–H and O–H groups in total. The SMILES string of the molecule is N#Cc1ccccc1COc1ccc(Br)cc1/C=N\NC(=O)c1ccc(N2CCCC2)cc1. The quantitative estimate of drug-likeness (QED) is 0.352. The van der Waals surface area contributed by atoms with Crippen LogP contribution in [0, 0.1) is 11.3 Å². The Morgan fingerprint density at radius 3 is 2.64 bits per heavy atom. The van der Waals surface area contributed by atoms with Crippen LogP contribution < -0.4 is 15.1 Å². The van der Waals surface area contributed by atoms with Crippen molar-refractivity contribution in [2.24, 2.45) is 5.10 Å². The lowest BCUT2D eigenvalue weighted by molar-refractivity contribution is 0.0955. The van der Waals surface area contributed by atoms with E-state index in [0.717, 1.165) is 28.8 Å². The Labute approximate surface area is 201 Å². The molecule has 6 nitrogen and oxygen atoms in total. The van der Waals surface area contributed by atoms with Gasteiger partial charge in [0.1, 0.15) is 12.4 Å². The summed E-state index contributed by atoms with van der Waals surface area (Å²) >= 11 is 3.46. The first-order chi connectivity index (χ1) is 16.1. The van der Waals surface area contributed by atoms with Crippen LogP contribution in [0.2, 0.25) is 0 Å². The van der Waals surface area contributed by atoms with Crippen LogP contribution in [0.5, 0.6) is 5.75 Å². The van der Waals surface area contributed by atoms with Gasteiger partial charge in [0.2, 0.25) is 0 Å².